The Balaban J connectivity index is 1.81. The molecule has 4 aromatic carbocycles. The first-order valence-corrected chi connectivity index (χ1v) is 16.6. The number of benzene rings is 4. The fourth-order valence-corrected chi connectivity index (χ4v) is 6.52. The number of carbonyl (C=O) groups excluding carboxylic acids is 2. The smallest absolute Gasteiger partial charge is 0.264 e. The molecule has 4 rings (SSSR count). The molecule has 1 atom stereocenters. The SMILES string of the molecule is COc1ccc(S(=O)(=O)N(CC(=O)N(Cc2ccc(Cl)c(Cl)c2)C(Cc2ccccc2)C(=O)NC(C)C)c2ccc(F)cc2)cc1. The summed E-state index contributed by atoms with van der Waals surface area (Å²) in [5.41, 5.74) is 1.43. The van der Waals surface area contributed by atoms with Crippen LogP contribution in [0.1, 0.15) is 25.0 Å². The molecule has 0 spiro atoms. The lowest BCUT2D eigenvalue weighted by atomic mass is 10.0. The molecule has 0 aromatic heterocycles. The van der Waals surface area contributed by atoms with Gasteiger partial charge in [0.05, 0.1) is 27.7 Å². The van der Waals surface area contributed by atoms with Gasteiger partial charge in [-0.2, -0.15) is 0 Å². The molecule has 1 N–H and O–H groups in total. The fourth-order valence-electron chi connectivity index (χ4n) is 4.78. The minimum Gasteiger partial charge on any atom is -0.497 e. The van der Waals surface area contributed by atoms with Gasteiger partial charge in [0.2, 0.25) is 11.8 Å². The number of hydrogen-bond donors (Lipinski definition) is 1. The number of carbonyl (C=O) groups is 2. The van der Waals surface area contributed by atoms with E-state index in [1.54, 1.807) is 32.0 Å². The Bertz CT molecular complexity index is 1760. The van der Waals surface area contributed by atoms with Gasteiger partial charge in [-0.1, -0.05) is 59.6 Å². The molecule has 0 aliphatic heterocycles. The van der Waals surface area contributed by atoms with Gasteiger partial charge in [-0.25, -0.2) is 12.8 Å². The molecule has 46 heavy (non-hydrogen) atoms. The number of ether oxygens (including phenoxy) is 1. The zero-order valence-corrected chi connectivity index (χ0v) is 27.8. The molecular weight excluding hydrogens is 652 g/mol. The predicted molar refractivity (Wildman–Crippen MR) is 178 cm³/mol. The van der Waals surface area contributed by atoms with Crippen LogP contribution in [-0.2, 0) is 32.6 Å². The van der Waals surface area contributed by atoms with E-state index in [0.717, 1.165) is 22.0 Å². The van der Waals surface area contributed by atoms with Crippen LogP contribution in [0.15, 0.2) is 102 Å². The van der Waals surface area contributed by atoms with Gasteiger partial charge >= 0.3 is 0 Å². The Morgan fingerprint density at radius 1 is 0.870 bits per heavy atom. The van der Waals surface area contributed by atoms with Crippen molar-refractivity contribution in [1.82, 2.24) is 10.2 Å². The highest BCUT2D eigenvalue weighted by Crippen LogP contribution is 2.28. The average molecular weight is 687 g/mol. The summed E-state index contributed by atoms with van der Waals surface area (Å²) in [5.74, 6) is -1.23. The largest absolute Gasteiger partial charge is 0.497 e. The molecule has 0 saturated carbocycles. The van der Waals surface area contributed by atoms with Crippen LogP contribution in [0.5, 0.6) is 5.75 Å². The quantitative estimate of drug-likeness (QED) is 0.173. The summed E-state index contributed by atoms with van der Waals surface area (Å²) in [7, 11) is -2.91. The van der Waals surface area contributed by atoms with E-state index in [-0.39, 0.29) is 34.6 Å². The molecule has 8 nitrogen and oxygen atoms in total. The Kier molecular flexibility index (Phi) is 11.7. The third kappa shape index (κ3) is 8.78. The lowest BCUT2D eigenvalue weighted by molar-refractivity contribution is -0.140. The zero-order valence-electron chi connectivity index (χ0n) is 25.5. The fraction of sp³-hybridized carbons (Fsp3) is 0.235. The maximum atomic E-state index is 14.4. The predicted octanol–water partition coefficient (Wildman–Crippen LogP) is 6.50. The highest BCUT2D eigenvalue weighted by atomic mass is 35.5. The summed E-state index contributed by atoms with van der Waals surface area (Å²) in [5, 5.41) is 3.47. The number of amides is 2. The number of hydrogen-bond acceptors (Lipinski definition) is 5. The first-order chi connectivity index (χ1) is 21.9. The molecule has 0 fully saturated rings. The van der Waals surface area contributed by atoms with E-state index < -0.39 is 40.2 Å². The number of nitrogens with one attached hydrogen (secondary N) is 1. The lowest BCUT2D eigenvalue weighted by Crippen LogP contribution is -2.54. The van der Waals surface area contributed by atoms with Crippen molar-refractivity contribution in [3.8, 4) is 5.75 Å². The van der Waals surface area contributed by atoms with Gasteiger partial charge in [-0.3, -0.25) is 13.9 Å². The van der Waals surface area contributed by atoms with E-state index in [1.807, 2.05) is 30.3 Å². The second-order valence-electron chi connectivity index (χ2n) is 10.8. The third-order valence-corrected chi connectivity index (χ3v) is 9.61. The number of halogens is 3. The second-order valence-corrected chi connectivity index (χ2v) is 13.5. The molecule has 0 radical (unpaired) electrons. The molecule has 0 bridgehead atoms. The first-order valence-electron chi connectivity index (χ1n) is 14.4. The van der Waals surface area contributed by atoms with E-state index in [4.69, 9.17) is 27.9 Å². The van der Waals surface area contributed by atoms with E-state index >= 15 is 0 Å². The van der Waals surface area contributed by atoms with Crippen molar-refractivity contribution in [2.75, 3.05) is 18.0 Å². The van der Waals surface area contributed by atoms with Crippen LogP contribution in [0.2, 0.25) is 10.0 Å². The Hall–Kier alpha value is -4.12. The minimum absolute atomic E-state index is 0.0614. The second kappa shape index (κ2) is 15.4. The summed E-state index contributed by atoms with van der Waals surface area (Å²) < 4.78 is 48.1. The van der Waals surface area contributed by atoms with Crippen LogP contribution in [0.4, 0.5) is 10.1 Å². The van der Waals surface area contributed by atoms with Crippen molar-refractivity contribution in [2.45, 2.75) is 43.8 Å². The average Bonchev–Trinajstić information content (AvgIpc) is 3.03. The molecule has 2 amide bonds. The number of nitrogens with zero attached hydrogens (tertiary/aromatic N) is 2. The van der Waals surface area contributed by atoms with Crippen molar-refractivity contribution >= 4 is 50.7 Å². The molecule has 0 aliphatic rings. The molecule has 0 saturated heterocycles. The number of rotatable bonds is 13. The van der Waals surface area contributed by atoms with E-state index in [1.165, 1.54) is 48.4 Å². The maximum Gasteiger partial charge on any atom is 0.264 e. The van der Waals surface area contributed by atoms with Crippen LogP contribution >= 0.6 is 23.2 Å². The van der Waals surface area contributed by atoms with Gasteiger partial charge in [-0.05, 0) is 85.6 Å². The highest BCUT2D eigenvalue weighted by molar-refractivity contribution is 7.92. The minimum atomic E-state index is -4.36. The van der Waals surface area contributed by atoms with Gasteiger partial charge < -0.3 is 15.0 Å². The Morgan fingerprint density at radius 2 is 1.52 bits per heavy atom. The van der Waals surface area contributed by atoms with Crippen molar-refractivity contribution in [1.29, 1.82) is 0 Å². The third-order valence-electron chi connectivity index (χ3n) is 7.08. The van der Waals surface area contributed by atoms with Gasteiger partial charge in [0.1, 0.15) is 24.2 Å². The molecule has 0 heterocycles. The summed E-state index contributed by atoms with van der Waals surface area (Å²) in [6.07, 6.45) is 0.147. The summed E-state index contributed by atoms with van der Waals surface area (Å²) in [4.78, 5) is 29.4. The monoisotopic (exact) mass is 685 g/mol. The standard InChI is InChI=1S/C34H34Cl2FN3O5S/c1-23(2)38-34(42)32(20-24-7-5-4-6-8-24)39(21-25-9-18-30(35)31(36)19-25)33(41)22-40(27-12-10-26(37)11-13-27)46(43,44)29-16-14-28(45-3)15-17-29/h4-19,23,32H,20-22H2,1-3H3,(H,38,42). The lowest BCUT2D eigenvalue weighted by Gasteiger charge is -2.34. The van der Waals surface area contributed by atoms with Crippen LogP contribution < -0.4 is 14.4 Å². The maximum absolute atomic E-state index is 14.4. The van der Waals surface area contributed by atoms with E-state index in [0.29, 0.717) is 16.3 Å². The van der Waals surface area contributed by atoms with Crippen LogP contribution in [0.3, 0.4) is 0 Å². The van der Waals surface area contributed by atoms with Crippen molar-refractivity contribution < 1.29 is 27.1 Å². The molecule has 0 aliphatic carbocycles. The van der Waals surface area contributed by atoms with Gasteiger partial charge in [0, 0.05) is 19.0 Å². The highest BCUT2D eigenvalue weighted by Gasteiger charge is 2.35. The number of sulfonamides is 1. The molecule has 4 aromatic rings. The Labute approximate surface area is 278 Å². The summed E-state index contributed by atoms with van der Waals surface area (Å²) in [6, 6.07) is 23.2. The first kappa shape index (κ1) is 34.7. The molecule has 1 unspecified atom stereocenters. The van der Waals surface area contributed by atoms with Crippen LogP contribution in [0.25, 0.3) is 0 Å². The van der Waals surface area contributed by atoms with Crippen molar-refractivity contribution in [2.24, 2.45) is 0 Å². The number of methoxy groups -OCH3 is 1. The van der Waals surface area contributed by atoms with Crippen molar-refractivity contribution in [3.63, 3.8) is 0 Å². The zero-order chi connectivity index (χ0) is 33.4. The molecule has 12 heteroatoms. The van der Waals surface area contributed by atoms with E-state index in [9.17, 15) is 22.4 Å². The van der Waals surface area contributed by atoms with Gasteiger partial charge in [-0.15, -0.1) is 0 Å². The Morgan fingerprint density at radius 3 is 2.11 bits per heavy atom. The van der Waals surface area contributed by atoms with Crippen LogP contribution in [0, 0.1) is 5.82 Å². The van der Waals surface area contributed by atoms with Crippen molar-refractivity contribution in [3.05, 3.63) is 124 Å². The van der Waals surface area contributed by atoms with Gasteiger partial charge in [0.15, 0.2) is 0 Å². The topological polar surface area (TPSA) is 96.0 Å². The summed E-state index contributed by atoms with van der Waals surface area (Å²) in [6.45, 7) is 2.83. The summed E-state index contributed by atoms with van der Waals surface area (Å²) >= 11 is 12.5. The van der Waals surface area contributed by atoms with Crippen LogP contribution in [-0.4, -0.2) is 50.9 Å². The van der Waals surface area contributed by atoms with E-state index in [2.05, 4.69) is 5.32 Å². The normalized spacial score (nSPS) is 12.0. The number of anilines is 1. The molecular formula is C34H34Cl2FN3O5S. The van der Waals surface area contributed by atoms with Gasteiger partial charge in [0.25, 0.3) is 10.0 Å². The molecule has 242 valence electrons.